The number of nitrogens with one attached hydrogen (secondary N) is 1. The summed E-state index contributed by atoms with van der Waals surface area (Å²) in [6, 6.07) is 10.5. The van der Waals surface area contributed by atoms with Crippen LogP contribution in [-0.4, -0.2) is 11.0 Å². The minimum atomic E-state index is -0.424. The van der Waals surface area contributed by atoms with Crippen LogP contribution in [0.3, 0.4) is 0 Å². The molecule has 0 aliphatic heterocycles. The summed E-state index contributed by atoms with van der Waals surface area (Å²) in [5.74, 6) is 0.121. The van der Waals surface area contributed by atoms with Crippen molar-refractivity contribution in [3.63, 3.8) is 0 Å². The van der Waals surface area contributed by atoms with Gasteiger partial charge in [-0.05, 0) is 24.3 Å². The Morgan fingerprint density at radius 2 is 2.10 bits per heavy atom. The van der Waals surface area contributed by atoms with E-state index in [2.05, 4.69) is 40.1 Å². The maximum Gasteiger partial charge on any atom is 0.219 e. The summed E-state index contributed by atoms with van der Waals surface area (Å²) in [5, 5.41) is 3.27. The van der Waals surface area contributed by atoms with E-state index in [1.807, 2.05) is 12.1 Å². The molecule has 1 aromatic carbocycles. The first-order valence-electron chi connectivity index (χ1n) is 6.37. The molecule has 1 heterocycles. The van der Waals surface area contributed by atoms with Crippen molar-refractivity contribution in [1.82, 2.24) is 10.3 Å². The lowest BCUT2D eigenvalue weighted by Crippen LogP contribution is -2.22. The predicted molar refractivity (Wildman–Crippen MR) is 80.4 cm³/mol. The van der Waals surface area contributed by atoms with Crippen LogP contribution in [0.5, 0.6) is 11.6 Å². The van der Waals surface area contributed by atoms with Gasteiger partial charge in [-0.25, -0.2) is 9.37 Å². The highest BCUT2D eigenvalue weighted by Crippen LogP contribution is 2.25. The van der Waals surface area contributed by atoms with Crippen LogP contribution in [0, 0.1) is 5.82 Å². The molecule has 0 saturated carbocycles. The molecule has 0 radical (unpaired) electrons. The zero-order chi connectivity index (χ0) is 14.5. The molecule has 2 rings (SSSR count). The minimum Gasteiger partial charge on any atom is -0.436 e. The van der Waals surface area contributed by atoms with Crippen LogP contribution in [0.1, 0.15) is 19.5 Å². The topological polar surface area (TPSA) is 34.1 Å². The highest BCUT2D eigenvalue weighted by molar-refractivity contribution is 9.10. The average molecular weight is 339 g/mol. The first-order chi connectivity index (χ1) is 9.54. The van der Waals surface area contributed by atoms with Gasteiger partial charge in [0.05, 0.1) is 5.69 Å². The summed E-state index contributed by atoms with van der Waals surface area (Å²) in [6.45, 7) is 4.78. The third-order valence-corrected chi connectivity index (χ3v) is 3.07. The number of pyridine rings is 1. The second kappa shape index (κ2) is 6.81. The highest BCUT2D eigenvalue weighted by atomic mass is 79.9. The number of halogens is 2. The van der Waals surface area contributed by atoms with Crippen LogP contribution in [0.15, 0.2) is 40.9 Å². The van der Waals surface area contributed by atoms with Crippen molar-refractivity contribution in [2.45, 2.75) is 26.4 Å². The van der Waals surface area contributed by atoms with Gasteiger partial charge in [0.2, 0.25) is 5.88 Å². The Morgan fingerprint density at radius 1 is 1.30 bits per heavy atom. The average Bonchev–Trinajstić information content (AvgIpc) is 2.40. The minimum absolute atomic E-state index is 0.162. The van der Waals surface area contributed by atoms with E-state index in [1.165, 1.54) is 6.07 Å². The van der Waals surface area contributed by atoms with Crippen LogP contribution in [-0.2, 0) is 6.54 Å². The van der Waals surface area contributed by atoms with E-state index < -0.39 is 5.82 Å². The number of rotatable bonds is 5. The molecule has 0 aliphatic carbocycles. The Balaban J connectivity index is 2.11. The van der Waals surface area contributed by atoms with Gasteiger partial charge in [-0.3, -0.25) is 0 Å². The zero-order valence-electron chi connectivity index (χ0n) is 11.4. The summed E-state index contributed by atoms with van der Waals surface area (Å²) >= 11 is 3.21. The monoisotopic (exact) mass is 338 g/mol. The first kappa shape index (κ1) is 14.9. The van der Waals surface area contributed by atoms with Crippen molar-refractivity contribution in [3.8, 4) is 11.6 Å². The fraction of sp³-hybridized carbons (Fsp3) is 0.267. The van der Waals surface area contributed by atoms with Crippen LogP contribution in [0.4, 0.5) is 4.39 Å². The Labute approximate surface area is 126 Å². The lowest BCUT2D eigenvalue weighted by atomic mass is 10.3. The van der Waals surface area contributed by atoms with Gasteiger partial charge in [-0.2, -0.15) is 0 Å². The number of hydrogen-bond acceptors (Lipinski definition) is 3. The number of hydrogen-bond donors (Lipinski definition) is 1. The quantitative estimate of drug-likeness (QED) is 0.883. The fourth-order valence-electron chi connectivity index (χ4n) is 1.59. The van der Waals surface area contributed by atoms with Gasteiger partial charge in [-0.15, -0.1) is 0 Å². The van der Waals surface area contributed by atoms with Gasteiger partial charge in [0.25, 0.3) is 0 Å². The van der Waals surface area contributed by atoms with Crippen molar-refractivity contribution in [3.05, 3.63) is 52.4 Å². The third-order valence-electron chi connectivity index (χ3n) is 2.58. The Kier molecular flexibility index (Phi) is 5.09. The maximum atomic E-state index is 13.7. The van der Waals surface area contributed by atoms with Gasteiger partial charge in [-0.1, -0.05) is 35.8 Å². The van der Waals surface area contributed by atoms with E-state index in [1.54, 1.807) is 18.2 Å². The SMILES string of the molecule is CC(C)NCc1cccc(Oc2ccc(Br)cc2F)n1. The first-order valence-corrected chi connectivity index (χ1v) is 7.16. The molecule has 2 aromatic rings. The summed E-state index contributed by atoms with van der Waals surface area (Å²) in [4.78, 5) is 4.34. The molecule has 1 aromatic heterocycles. The van der Waals surface area contributed by atoms with Gasteiger partial charge in [0.15, 0.2) is 11.6 Å². The van der Waals surface area contributed by atoms with Crippen LogP contribution >= 0.6 is 15.9 Å². The molecule has 0 fully saturated rings. The lowest BCUT2D eigenvalue weighted by Gasteiger charge is -2.10. The summed E-state index contributed by atoms with van der Waals surface area (Å²) in [5.41, 5.74) is 0.855. The number of benzene rings is 1. The van der Waals surface area contributed by atoms with Crippen LogP contribution in [0.2, 0.25) is 0 Å². The van der Waals surface area contributed by atoms with Crippen molar-refractivity contribution in [2.75, 3.05) is 0 Å². The standard InChI is InChI=1S/C15H16BrFN2O/c1-10(2)18-9-12-4-3-5-15(19-12)20-14-7-6-11(16)8-13(14)17/h3-8,10,18H,9H2,1-2H3. The van der Waals surface area contributed by atoms with E-state index >= 15 is 0 Å². The normalized spacial score (nSPS) is 10.8. The molecule has 20 heavy (non-hydrogen) atoms. The predicted octanol–water partition coefficient (Wildman–Crippen LogP) is 4.27. The zero-order valence-corrected chi connectivity index (χ0v) is 12.9. The molecule has 0 amide bonds. The molecule has 0 spiro atoms. The molecule has 0 bridgehead atoms. The summed E-state index contributed by atoms with van der Waals surface area (Å²) in [6.07, 6.45) is 0. The van der Waals surface area contributed by atoms with Gasteiger partial charge < -0.3 is 10.1 Å². The van der Waals surface area contributed by atoms with Crippen LogP contribution < -0.4 is 10.1 Å². The second-order valence-electron chi connectivity index (χ2n) is 4.68. The molecule has 0 saturated heterocycles. The summed E-state index contributed by atoms with van der Waals surface area (Å²) in [7, 11) is 0. The molecule has 5 heteroatoms. The Morgan fingerprint density at radius 3 is 2.80 bits per heavy atom. The van der Waals surface area contributed by atoms with Crippen molar-refractivity contribution >= 4 is 15.9 Å². The van der Waals surface area contributed by atoms with E-state index in [0.717, 1.165) is 5.69 Å². The van der Waals surface area contributed by atoms with Gasteiger partial charge in [0.1, 0.15) is 0 Å². The molecule has 106 valence electrons. The molecule has 3 nitrogen and oxygen atoms in total. The number of aromatic nitrogens is 1. The maximum absolute atomic E-state index is 13.7. The molecule has 0 aliphatic rings. The highest BCUT2D eigenvalue weighted by Gasteiger charge is 2.07. The van der Waals surface area contributed by atoms with Crippen molar-refractivity contribution in [2.24, 2.45) is 0 Å². The van der Waals surface area contributed by atoms with E-state index in [4.69, 9.17) is 4.74 Å². The Hall–Kier alpha value is -1.46. The van der Waals surface area contributed by atoms with Crippen LogP contribution in [0.25, 0.3) is 0 Å². The van der Waals surface area contributed by atoms with Crippen molar-refractivity contribution < 1.29 is 9.13 Å². The second-order valence-corrected chi connectivity index (χ2v) is 5.60. The molecule has 1 N–H and O–H groups in total. The molecule has 0 atom stereocenters. The Bertz CT molecular complexity index is 590. The van der Waals surface area contributed by atoms with Gasteiger partial charge in [0, 0.05) is 23.1 Å². The fourth-order valence-corrected chi connectivity index (χ4v) is 1.93. The summed E-state index contributed by atoms with van der Waals surface area (Å²) < 4.78 is 19.8. The molecular formula is C15H16BrFN2O. The van der Waals surface area contributed by atoms with Crippen molar-refractivity contribution in [1.29, 1.82) is 0 Å². The number of ether oxygens (including phenoxy) is 1. The largest absolute Gasteiger partial charge is 0.436 e. The molecule has 0 unspecified atom stereocenters. The molecular weight excluding hydrogens is 323 g/mol. The van der Waals surface area contributed by atoms with E-state index in [-0.39, 0.29) is 5.75 Å². The van der Waals surface area contributed by atoms with Gasteiger partial charge >= 0.3 is 0 Å². The van der Waals surface area contributed by atoms with E-state index in [9.17, 15) is 4.39 Å². The number of nitrogens with zero attached hydrogens (tertiary/aromatic N) is 1. The lowest BCUT2D eigenvalue weighted by molar-refractivity contribution is 0.424. The smallest absolute Gasteiger partial charge is 0.219 e. The third kappa shape index (κ3) is 4.28. The van der Waals surface area contributed by atoms with E-state index in [0.29, 0.717) is 22.9 Å².